The summed E-state index contributed by atoms with van der Waals surface area (Å²) in [6, 6.07) is 10.2. The zero-order valence-corrected chi connectivity index (χ0v) is 25.6. The van der Waals surface area contributed by atoms with Gasteiger partial charge in [-0.05, 0) is 48.7 Å². The van der Waals surface area contributed by atoms with Gasteiger partial charge in [-0.3, -0.25) is 19.4 Å². The molecule has 0 N–H and O–H groups in total. The monoisotopic (exact) mass is 664 g/mol. The summed E-state index contributed by atoms with van der Waals surface area (Å²) in [4.78, 5) is 33.1. The number of carbonyl (C=O) groups is 2. The number of fused-ring (bicyclic) bond motifs is 1. The van der Waals surface area contributed by atoms with Crippen LogP contribution in [0.5, 0.6) is 5.75 Å². The molecule has 2 unspecified atom stereocenters. The quantitative estimate of drug-likeness (QED) is 0.449. The predicted molar refractivity (Wildman–Crippen MR) is 155 cm³/mol. The minimum atomic E-state index is -4.28. The molecule has 2 saturated heterocycles. The smallest absolute Gasteiger partial charge is 0.269 e. The Labute approximate surface area is 252 Å². The molecule has 6 rings (SSSR count). The molecule has 0 bridgehead atoms. The summed E-state index contributed by atoms with van der Waals surface area (Å²) in [5, 5.41) is 0.236. The minimum Gasteiger partial charge on any atom is -0.495 e. The average Bonchev–Trinajstić information content (AvgIpc) is 3.81. The Hall–Kier alpha value is -2.64. The summed E-state index contributed by atoms with van der Waals surface area (Å²) < 4.78 is 41.9. The highest BCUT2D eigenvalue weighted by Gasteiger charge is 2.53. The van der Waals surface area contributed by atoms with E-state index in [0.717, 1.165) is 22.9 Å². The minimum absolute atomic E-state index is 0.0260. The van der Waals surface area contributed by atoms with Crippen LogP contribution in [0.1, 0.15) is 18.4 Å². The van der Waals surface area contributed by atoms with Crippen LogP contribution in [-0.2, 0) is 30.8 Å². The van der Waals surface area contributed by atoms with Gasteiger partial charge >= 0.3 is 0 Å². The van der Waals surface area contributed by atoms with Gasteiger partial charge in [0.15, 0.2) is 0 Å². The molecule has 3 aliphatic heterocycles. The van der Waals surface area contributed by atoms with Crippen LogP contribution in [0.2, 0.25) is 5.02 Å². The Kier molecular flexibility index (Phi) is 7.79. The third-order valence-electron chi connectivity index (χ3n) is 7.93. The van der Waals surface area contributed by atoms with Crippen molar-refractivity contribution in [3.05, 3.63) is 69.5 Å². The number of morpholine rings is 1. The van der Waals surface area contributed by atoms with Crippen molar-refractivity contribution < 1.29 is 27.5 Å². The summed E-state index contributed by atoms with van der Waals surface area (Å²) in [7, 11) is -2.89. The molecule has 0 radical (unpaired) electrons. The highest BCUT2D eigenvalue weighted by atomic mass is 79.9. The van der Waals surface area contributed by atoms with E-state index in [-0.39, 0.29) is 52.3 Å². The normalized spacial score (nSPS) is 23.9. The van der Waals surface area contributed by atoms with E-state index in [1.807, 2.05) is 29.2 Å². The largest absolute Gasteiger partial charge is 0.495 e. The molecular weight excluding hydrogens is 636 g/mol. The topological polar surface area (TPSA) is 99.7 Å². The van der Waals surface area contributed by atoms with Crippen molar-refractivity contribution >= 4 is 49.4 Å². The van der Waals surface area contributed by atoms with Crippen molar-refractivity contribution in [2.75, 3.05) is 40.0 Å². The van der Waals surface area contributed by atoms with E-state index in [0.29, 0.717) is 26.3 Å². The van der Waals surface area contributed by atoms with E-state index in [1.165, 1.54) is 28.4 Å². The number of amides is 2. The second-order valence-electron chi connectivity index (χ2n) is 10.5. The number of benzene rings is 2. The van der Waals surface area contributed by atoms with E-state index >= 15 is 0 Å². The van der Waals surface area contributed by atoms with E-state index in [9.17, 15) is 18.0 Å². The molecule has 218 valence electrons. The van der Waals surface area contributed by atoms with Crippen LogP contribution < -0.4 is 4.74 Å². The Morgan fingerprint density at radius 1 is 1.05 bits per heavy atom. The Morgan fingerprint density at radius 3 is 2.41 bits per heavy atom. The lowest BCUT2D eigenvalue weighted by Gasteiger charge is -2.50. The van der Waals surface area contributed by atoms with Crippen molar-refractivity contribution in [1.29, 1.82) is 0 Å². The third kappa shape index (κ3) is 5.36. The number of ether oxygens (including phenoxy) is 2. The van der Waals surface area contributed by atoms with Gasteiger partial charge in [0, 0.05) is 41.2 Å². The first kappa shape index (κ1) is 28.5. The first-order chi connectivity index (χ1) is 19.7. The molecule has 1 saturated carbocycles. The summed E-state index contributed by atoms with van der Waals surface area (Å²) in [5.41, 5.74) is 0.857. The van der Waals surface area contributed by atoms with Crippen molar-refractivity contribution in [2.45, 2.75) is 42.3 Å². The SMILES string of the molecule is COc1ccc(Cl)cc1S(=O)(=O)N1CC(N2CCOCC2)C(=O)N2C1=CN(C1CC1)C(=O)C2Cc1ccc(Br)cc1. The van der Waals surface area contributed by atoms with Crippen molar-refractivity contribution in [1.82, 2.24) is 19.0 Å². The molecule has 3 fully saturated rings. The third-order valence-corrected chi connectivity index (χ3v) is 10.5. The van der Waals surface area contributed by atoms with Crippen molar-refractivity contribution in [3.63, 3.8) is 0 Å². The molecule has 1 aliphatic carbocycles. The second-order valence-corrected chi connectivity index (χ2v) is 13.7. The Morgan fingerprint density at radius 2 is 1.76 bits per heavy atom. The first-order valence-electron chi connectivity index (χ1n) is 13.5. The molecule has 2 aromatic carbocycles. The van der Waals surface area contributed by atoms with Crippen LogP contribution in [0, 0.1) is 0 Å². The molecule has 2 atom stereocenters. The molecule has 10 nitrogen and oxygen atoms in total. The van der Waals surface area contributed by atoms with Crippen LogP contribution in [-0.4, -0.2) is 97.3 Å². The fourth-order valence-corrected chi connectivity index (χ4v) is 7.78. The standard InChI is InChI=1S/C28H30BrClN4O6S/c1-39-24-9-6-20(30)15-25(24)41(37,38)33-16-23(31-10-12-40-13-11-31)28(36)34-22(14-18-2-4-19(29)5-3-18)27(35)32(17-26(33)34)21-7-8-21/h2-6,9,15,17,21-23H,7-8,10-14,16H2,1H3. The molecule has 4 aliphatic rings. The fraction of sp³-hybridized carbons (Fsp3) is 0.429. The number of hydrogen-bond acceptors (Lipinski definition) is 7. The van der Waals surface area contributed by atoms with Gasteiger partial charge in [-0.2, -0.15) is 0 Å². The Bertz CT molecular complexity index is 1490. The lowest BCUT2D eigenvalue weighted by Crippen LogP contribution is -2.68. The van der Waals surface area contributed by atoms with Crippen LogP contribution in [0.4, 0.5) is 0 Å². The van der Waals surface area contributed by atoms with E-state index in [2.05, 4.69) is 15.9 Å². The lowest BCUT2D eigenvalue weighted by atomic mass is 9.99. The van der Waals surface area contributed by atoms with Gasteiger partial charge in [0.2, 0.25) is 11.8 Å². The van der Waals surface area contributed by atoms with E-state index in [1.54, 1.807) is 17.2 Å². The molecule has 3 heterocycles. The van der Waals surface area contributed by atoms with Gasteiger partial charge in [0.25, 0.3) is 10.0 Å². The molecule has 41 heavy (non-hydrogen) atoms. The maximum Gasteiger partial charge on any atom is 0.269 e. The average molecular weight is 666 g/mol. The van der Waals surface area contributed by atoms with Gasteiger partial charge in [-0.25, -0.2) is 12.7 Å². The van der Waals surface area contributed by atoms with Gasteiger partial charge in [0.1, 0.15) is 28.5 Å². The van der Waals surface area contributed by atoms with Gasteiger partial charge in [0.05, 0.1) is 26.9 Å². The molecule has 2 amide bonds. The first-order valence-corrected chi connectivity index (χ1v) is 16.1. The number of rotatable bonds is 7. The number of nitrogens with zero attached hydrogens (tertiary/aromatic N) is 4. The fourth-order valence-electron chi connectivity index (χ4n) is 5.65. The number of carbonyl (C=O) groups excluding carboxylic acids is 2. The zero-order chi connectivity index (χ0) is 28.9. The van der Waals surface area contributed by atoms with Gasteiger partial charge in [-0.15, -0.1) is 0 Å². The second kappa shape index (κ2) is 11.2. The van der Waals surface area contributed by atoms with Gasteiger partial charge < -0.3 is 14.4 Å². The Balaban J connectivity index is 1.49. The number of sulfonamides is 1. The molecule has 13 heteroatoms. The summed E-state index contributed by atoms with van der Waals surface area (Å²) in [6.45, 7) is 1.68. The van der Waals surface area contributed by atoms with Crippen LogP contribution in [0.3, 0.4) is 0 Å². The van der Waals surface area contributed by atoms with Crippen molar-refractivity contribution in [3.8, 4) is 5.75 Å². The highest BCUT2D eigenvalue weighted by Crippen LogP contribution is 2.40. The summed E-state index contributed by atoms with van der Waals surface area (Å²) >= 11 is 9.70. The zero-order valence-electron chi connectivity index (χ0n) is 22.4. The summed E-state index contributed by atoms with van der Waals surface area (Å²) in [6.07, 6.45) is 3.42. The van der Waals surface area contributed by atoms with Crippen LogP contribution in [0.15, 0.2) is 63.9 Å². The number of methoxy groups -OCH3 is 1. The number of hydrogen-bond donors (Lipinski definition) is 0. The predicted octanol–water partition coefficient (Wildman–Crippen LogP) is 3.06. The maximum atomic E-state index is 14.4. The van der Waals surface area contributed by atoms with E-state index in [4.69, 9.17) is 21.1 Å². The van der Waals surface area contributed by atoms with Crippen molar-refractivity contribution in [2.24, 2.45) is 0 Å². The molecule has 0 spiro atoms. The maximum absolute atomic E-state index is 14.4. The summed E-state index contributed by atoms with van der Waals surface area (Å²) in [5.74, 6) is -0.213. The molecule has 2 aromatic rings. The molecular formula is C28H30BrClN4O6S. The van der Waals surface area contributed by atoms with E-state index < -0.39 is 22.1 Å². The van der Waals surface area contributed by atoms with Gasteiger partial charge in [-0.1, -0.05) is 39.7 Å². The van der Waals surface area contributed by atoms with Crippen LogP contribution in [0.25, 0.3) is 0 Å². The lowest BCUT2D eigenvalue weighted by molar-refractivity contribution is -0.153. The van der Waals surface area contributed by atoms with Crippen LogP contribution >= 0.6 is 27.5 Å². The molecule has 0 aromatic heterocycles. The number of halogens is 2. The highest BCUT2D eigenvalue weighted by molar-refractivity contribution is 9.10.